The van der Waals surface area contributed by atoms with Crippen LogP contribution < -0.4 is 10.5 Å². The standard InChI is InChI=1S/C19H19FN4O3S2/c1-28-19-23-10-15(11-25)18(24-19)22-9-12-2-4-13(5-3-12)14-6-16(20)8-17(7-14)29(21,26)27/h2-8,10,25H,9,11H2,1H3,(H2,21,26,27)(H,22,23,24). The number of nitrogens with zero attached hydrogens (tertiary/aromatic N) is 2. The van der Waals surface area contributed by atoms with Gasteiger partial charge in [0, 0.05) is 18.3 Å². The van der Waals surface area contributed by atoms with Gasteiger partial charge in [-0.2, -0.15) is 0 Å². The molecule has 0 amide bonds. The van der Waals surface area contributed by atoms with Crippen LogP contribution in [0.25, 0.3) is 11.1 Å². The van der Waals surface area contributed by atoms with Crippen LogP contribution in [0.4, 0.5) is 10.2 Å². The van der Waals surface area contributed by atoms with E-state index < -0.39 is 15.8 Å². The van der Waals surface area contributed by atoms with Crippen LogP contribution in [0.3, 0.4) is 0 Å². The molecule has 0 saturated heterocycles. The van der Waals surface area contributed by atoms with Crippen molar-refractivity contribution in [3.63, 3.8) is 0 Å². The van der Waals surface area contributed by atoms with E-state index >= 15 is 0 Å². The van der Waals surface area contributed by atoms with Crippen molar-refractivity contribution in [2.45, 2.75) is 23.2 Å². The van der Waals surface area contributed by atoms with Gasteiger partial charge in [0.2, 0.25) is 10.0 Å². The Balaban J connectivity index is 1.79. The van der Waals surface area contributed by atoms with E-state index in [0.29, 0.717) is 34.2 Å². The third-order valence-corrected chi connectivity index (χ3v) is 5.60. The van der Waals surface area contributed by atoms with Gasteiger partial charge in [-0.05, 0) is 41.1 Å². The zero-order valence-corrected chi connectivity index (χ0v) is 17.1. The van der Waals surface area contributed by atoms with Gasteiger partial charge < -0.3 is 10.4 Å². The average molecular weight is 435 g/mol. The molecule has 0 fully saturated rings. The summed E-state index contributed by atoms with van der Waals surface area (Å²) in [6.07, 6.45) is 3.45. The van der Waals surface area contributed by atoms with Crippen molar-refractivity contribution in [3.8, 4) is 11.1 Å². The number of halogens is 1. The highest BCUT2D eigenvalue weighted by atomic mass is 32.2. The number of primary sulfonamides is 1. The molecule has 0 atom stereocenters. The maximum Gasteiger partial charge on any atom is 0.238 e. The summed E-state index contributed by atoms with van der Waals surface area (Å²) in [5, 5.41) is 18.3. The number of sulfonamides is 1. The maximum atomic E-state index is 13.8. The lowest BCUT2D eigenvalue weighted by atomic mass is 10.0. The van der Waals surface area contributed by atoms with Gasteiger partial charge in [0.15, 0.2) is 5.16 Å². The Hall–Kier alpha value is -2.53. The number of hydrogen-bond donors (Lipinski definition) is 3. The molecule has 0 unspecified atom stereocenters. The van der Waals surface area contributed by atoms with Crippen LogP contribution in [0.15, 0.2) is 58.7 Å². The molecule has 29 heavy (non-hydrogen) atoms. The summed E-state index contributed by atoms with van der Waals surface area (Å²) in [4.78, 5) is 8.21. The molecular weight excluding hydrogens is 415 g/mol. The van der Waals surface area contributed by atoms with Crippen molar-refractivity contribution in [2.24, 2.45) is 5.14 Å². The molecule has 7 nitrogen and oxygen atoms in total. The van der Waals surface area contributed by atoms with Gasteiger partial charge >= 0.3 is 0 Å². The monoisotopic (exact) mass is 434 g/mol. The smallest absolute Gasteiger partial charge is 0.238 e. The molecular formula is C19H19FN4O3S2. The van der Waals surface area contributed by atoms with Gasteiger partial charge in [0.05, 0.1) is 11.5 Å². The Morgan fingerprint density at radius 2 is 1.90 bits per heavy atom. The van der Waals surface area contributed by atoms with Gasteiger partial charge in [-0.1, -0.05) is 36.0 Å². The summed E-state index contributed by atoms with van der Waals surface area (Å²) >= 11 is 1.40. The molecule has 10 heteroatoms. The van der Waals surface area contributed by atoms with Crippen LogP contribution in [-0.2, 0) is 23.2 Å². The van der Waals surface area contributed by atoms with E-state index in [2.05, 4.69) is 15.3 Å². The van der Waals surface area contributed by atoms with Gasteiger partial charge in [0.1, 0.15) is 11.6 Å². The second-order valence-corrected chi connectivity index (χ2v) is 8.49. The molecule has 2 aromatic carbocycles. The normalized spacial score (nSPS) is 11.4. The van der Waals surface area contributed by atoms with Crippen molar-refractivity contribution >= 4 is 27.6 Å². The first-order valence-corrected chi connectivity index (χ1v) is 11.2. The topological polar surface area (TPSA) is 118 Å². The highest BCUT2D eigenvalue weighted by Crippen LogP contribution is 2.25. The Kier molecular flexibility index (Phi) is 6.48. The summed E-state index contributed by atoms with van der Waals surface area (Å²) in [7, 11) is -4.00. The third-order valence-electron chi connectivity index (χ3n) is 4.14. The number of nitrogens with one attached hydrogen (secondary N) is 1. The van der Waals surface area contributed by atoms with Crippen molar-refractivity contribution in [1.29, 1.82) is 0 Å². The molecule has 0 aliphatic heterocycles. The highest BCUT2D eigenvalue weighted by molar-refractivity contribution is 7.98. The van der Waals surface area contributed by atoms with Crippen molar-refractivity contribution < 1.29 is 17.9 Å². The predicted octanol–water partition coefficient (Wildman–Crippen LogP) is 2.76. The second-order valence-electron chi connectivity index (χ2n) is 6.16. The van der Waals surface area contributed by atoms with Crippen LogP contribution in [0.2, 0.25) is 0 Å². The fourth-order valence-electron chi connectivity index (χ4n) is 2.65. The third kappa shape index (κ3) is 5.30. The number of anilines is 1. The molecule has 0 saturated carbocycles. The summed E-state index contributed by atoms with van der Waals surface area (Å²) < 4.78 is 36.8. The SMILES string of the molecule is CSc1ncc(CO)c(NCc2ccc(-c3cc(F)cc(S(N)(=O)=O)c3)cc2)n1. The van der Waals surface area contributed by atoms with Crippen molar-refractivity contribution in [1.82, 2.24) is 9.97 Å². The Labute approximate surface area is 172 Å². The van der Waals surface area contributed by atoms with E-state index in [-0.39, 0.29) is 11.5 Å². The van der Waals surface area contributed by atoms with Crippen LogP contribution in [0.5, 0.6) is 0 Å². The number of benzene rings is 2. The van der Waals surface area contributed by atoms with E-state index in [0.717, 1.165) is 11.6 Å². The van der Waals surface area contributed by atoms with Gasteiger partial charge in [0.25, 0.3) is 0 Å². The van der Waals surface area contributed by atoms with Crippen LogP contribution >= 0.6 is 11.8 Å². The van der Waals surface area contributed by atoms with Crippen LogP contribution in [0.1, 0.15) is 11.1 Å². The Bertz CT molecular complexity index is 1120. The number of hydrogen-bond acceptors (Lipinski definition) is 7. The van der Waals surface area contributed by atoms with E-state index in [1.165, 1.54) is 23.9 Å². The quantitative estimate of drug-likeness (QED) is 0.386. The first-order valence-electron chi connectivity index (χ1n) is 8.47. The van der Waals surface area contributed by atoms with E-state index in [4.69, 9.17) is 5.14 Å². The molecule has 0 spiro atoms. The zero-order chi connectivity index (χ0) is 21.0. The molecule has 3 rings (SSSR count). The average Bonchev–Trinajstić information content (AvgIpc) is 2.71. The maximum absolute atomic E-state index is 13.8. The number of rotatable bonds is 7. The van der Waals surface area contributed by atoms with Crippen LogP contribution in [-0.4, -0.2) is 29.7 Å². The lowest BCUT2D eigenvalue weighted by Crippen LogP contribution is -2.12. The summed E-state index contributed by atoms with van der Waals surface area (Å²) in [6.45, 7) is 0.269. The van der Waals surface area contributed by atoms with Gasteiger partial charge in [-0.15, -0.1) is 0 Å². The van der Waals surface area contributed by atoms with Gasteiger partial charge in [-0.3, -0.25) is 0 Å². The first kappa shape index (κ1) is 21.2. The lowest BCUT2D eigenvalue weighted by Gasteiger charge is -2.11. The fourth-order valence-corrected chi connectivity index (χ4v) is 3.56. The second kappa shape index (κ2) is 8.87. The molecule has 3 aromatic rings. The molecule has 0 aliphatic carbocycles. The number of aliphatic hydroxyl groups excluding tert-OH is 1. The van der Waals surface area contributed by atoms with Crippen molar-refractivity contribution in [3.05, 3.63) is 65.6 Å². The number of thioether (sulfide) groups is 1. The van der Waals surface area contributed by atoms with Gasteiger partial charge in [-0.25, -0.2) is 27.9 Å². The number of aromatic nitrogens is 2. The lowest BCUT2D eigenvalue weighted by molar-refractivity contribution is 0.281. The summed E-state index contributed by atoms with van der Waals surface area (Å²) in [5.74, 6) is -0.124. The zero-order valence-electron chi connectivity index (χ0n) is 15.5. The molecule has 1 heterocycles. The summed E-state index contributed by atoms with van der Waals surface area (Å²) in [5.41, 5.74) is 2.58. The van der Waals surface area contributed by atoms with E-state index in [1.807, 2.05) is 18.4 Å². The van der Waals surface area contributed by atoms with Crippen molar-refractivity contribution in [2.75, 3.05) is 11.6 Å². The minimum absolute atomic E-state index is 0.179. The first-order chi connectivity index (χ1) is 13.8. The van der Waals surface area contributed by atoms with E-state index in [9.17, 15) is 17.9 Å². The Morgan fingerprint density at radius 3 is 2.52 bits per heavy atom. The number of nitrogens with two attached hydrogens (primary N) is 1. The minimum atomic E-state index is -4.00. The molecule has 4 N–H and O–H groups in total. The molecule has 0 aliphatic rings. The minimum Gasteiger partial charge on any atom is -0.391 e. The number of aliphatic hydroxyl groups is 1. The van der Waals surface area contributed by atoms with Crippen LogP contribution in [0, 0.1) is 5.82 Å². The fraction of sp³-hybridized carbons (Fsp3) is 0.158. The van der Waals surface area contributed by atoms with E-state index in [1.54, 1.807) is 18.3 Å². The molecule has 1 aromatic heterocycles. The molecule has 152 valence electrons. The largest absolute Gasteiger partial charge is 0.391 e. The molecule has 0 radical (unpaired) electrons. The summed E-state index contributed by atoms with van der Waals surface area (Å²) in [6, 6.07) is 10.7. The molecule has 0 bridgehead atoms. The predicted molar refractivity (Wildman–Crippen MR) is 110 cm³/mol. The highest BCUT2D eigenvalue weighted by Gasteiger charge is 2.12. The Morgan fingerprint density at radius 1 is 1.17 bits per heavy atom.